The molecule has 0 heterocycles. The Morgan fingerprint density at radius 3 is 2.19 bits per heavy atom. The molecule has 1 aliphatic rings. The first-order valence-electron chi connectivity index (χ1n) is 7.37. The van der Waals surface area contributed by atoms with E-state index in [-0.39, 0.29) is 10.8 Å². The van der Waals surface area contributed by atoms with E-state index in [2.05, 4.69) is 0 Å². The highest BCUT2D eigenvalue weighted by Gasteiger charge is 2.34. The van der Waals surface area contributed by atoms with Crippen molar-refractivity contribution in [2.45, 2.75) is 48.7 Å². The summed E-state index contributed by atoms with van der Waals surface area (Å²) in [6.45, 7) is 0. The number of methoxy groups -OCH3 is 1. The van der Waals surface area contributed by atoms with Gasteiger partial charge in [0.15, 0.2) is 15.1 Å². The molecule has 1 aliphatic carbocycles. The van der Waals surface area contributed by atoms with Crippen LogP contribution in [-0.2, 0) is 9.84 Å². The molecule has 0 saturated heterocycles. The van der Waals surface area contributed by atoms with Gasteiger partial charge in [0.2, 0.25) is 0 Å². The van der Waals surface area contributed by atoms with Crippen LogP contribution in [0.3, 0.4) is 0 Å². The molecule has 0 aliphatic heterocycles. The molecule has 1 atom stereocenters. The van der Waals surface area contributed by atoms with Gasteiger partial charge in [-0.05, 0) is 43.0 Å². The molecule has 0 radical (unpaired) electrons. The quantitative estimate of drug-likeness (QED) is 0.800. The average molecular weight is 307 g/mol. The van der Waals surface area contributed by atoms with Gasteiger partial charge in [-0.1, -0.05) is 25.7 Å². The van der Waals surface area contributed by atoms with Crippen molar-refractivity contribution in [1.29, 1.82) is 5.26 Å². The Hall–Kier alpha value is -1.54. The third-order valence-corrected chi connectivity index (χ3v) is 6.27. The predicted octanol–water partition coefficient (Wildman–Crippen LogP) is 3.33. The van der Waals surface area contributed by atoms with Crippen LogP contribution in [0.2, 0.25) is 0 Å². The van der Waals surface area contributed by atoms with Crippen molar-refractivity contribution in [1.82, 2.24) is 0 Å². The van der Waals surface area contributed by atoms with Crippen LogP contribution in [0.1, 0.15) is 38.5 Å². The molecule has 5 heteroatoms. The molecular weight excluding hydrogens is 286 g/mol. The van der Waals surface area contributed by atoms with E-state index < -0.39 is 15.1 Å². The standard InChI is InChI=1S/C16H21NO3S/c1-20-14-8-10-15(11-9-14)21(18,19)16(12-17)13-6-4-2-3-5-7-13/h8-11,13,16H,2-7H2,1H3. The smallest absolute Gasteiger partial charge is 0.194 e. The first-order valence-corrected chi connectivity index (χ1v) is 8.92. The minimum atomic E-state index is -3.61. The number of nitrogens with zero attached hydrogens (tertiary/aromatic N) is 1. The summed E-state index contributed by atoms with van der Waals surface area (Å²) in [6, 6.07) is 8.33. The second-order valence-electron chi connectivity index (χ2n) is 5.52. The lowest BCUT2D eigenvalue weighted by Crippen LogP contribution is -2.28. The summed E-state index contributed by atoms with van der Waals surface area (Å²) < 4.78 is 30.5. The van der Waals surface area contributed by atoms with Crippen molar-refractivity contribution in [3.63, 3.8) is 0 Å². The number of hydrogen-bond donors (Lipinski definition) is 0. The van der Waals surface area contributed by atoms with Gasteiger partial charge in [0.1, 0.15) is 5.75 Å². The molecule has 1 unspecified atom stereocenters. The number of ether oxygens (including phenoxy) is 1. The zero-order chi connectivity index (χ0) is 15.3. The minimum absolute atomic E-state index is 0.0513. The fourth-order valence-corrected chi connectivity index (χ4v) is 4.68. The third kappa shape index (κ3) is 3.56. The van der Waals surface area contributed by atoms with Crippen molar-refractivity contribution in [3.05, 3.63) is 24.3 Å². The fourth-order valence-electron chi connectivity index (χ4n) is 2.95. The molecule has 0 spiro atoms. The first-order chi connectivity index (χ1) is 10.1. The van der Waals surface area contributed by atoms with Gasteiger partial charge < -0.3 is 4.74 Å². The lowest BCUT2D eigenvalue weighted by Gasteiger charge is -2.20. The Morgan fingerprint density at radius 1 is 1.14 bits per heavy atom. The maximum absolute atomic E-state index is 12.7. The van der Waals surface area contributed by atoms with E-state index in [0.29, 0.717) is 5.75 Å². The summed E-state index contributed by atoms with van der Waals surface area (Å²) in [5.74, 6) is 0.557. The lowest BCUT2D eigenvalue weighted by molar-refractivity contribution is 0.414. The highest BCUT2D eigenvalue weighted by molar-refractivity contribution is 7.92. The van der Waals surface area contributed by atoms with Crippen LogP contribution < -0.4 is 4.74 Å². The van der Waals surface area contributed by atoms with Crippen molar-refractivity contribution in [2.75, 3.05) is 7.11 Å². The Kier molecular flexibility index (Phi) is 5.24. The van der Waals surface area contributed by atoms with Crippen molar-refractivity contribution in [2.24, 2.45) is 5.92 Å². The highest BCUT2D eigenvalue weighted by atomic mass is 32.2. The van der Waals surface area contributed by atoms with Gasteiger partial charge in [-0.2, -0.15) is 5.26 Å². The van der Waals surface area contributed by atoms with Gasteiger partial charge >= 0.3 is 0 Å². The topological polar surface area (TPSA) is 67.2 Å². The number of sulfone groups is 1. The highest BCUT2D eigenvalue weighted by Crippen LogP contribution is 2.32. The number of hydrogen-bond acceptors (Lipinski definition) is 4. The summed E-state index contributed by atoms with van der Waals surface area (Å²) in [7, 11) is -2.07. The Bertz CT molecular complexity index is 593. The first kappa shape index (κ1) is 15.8. The number of benzene rings is 1. The molecule has 21 heavy (non-hydrogen) atoms. The molecule has 0 bridgehead atoms. The van der Waals surface area contributed by atoms with Gasteiger partial charge in [0.05, 0.1) is 18.1 Å². The molecule has 0 aromatic heterocycles. The van der Waals surface area contributed by atoms with E-state index in [1.165, 1.54) is 19.2 Å². The van der Waals surface area contributed by atoms with E-state index in [1.807, 2.05) is 6.07 Å². The molecule has 2 rings (SSSR count). The largest absolute Gasteiger partial charge is 0.497 e. The van der Waals surface area contributed by atoms with Crippen LogP contribution >= 0.6 is 0 Å². The molecule has 1 aromatic rings. The zero-order valence-electron chi connectivity index (χ0n) is 12.3. The lowest BCUT2D eigenvalue weighted by atomic mass is 9.97. The maximum Gasteiger partial charge on any atom is 0.194 e. The zero-order valence-corrected chi connectivity index (χ0v) is 13.1. The van der Waals surface area contributed by atoms with Gasteiger partial charge in [0, 0.05) is 0 Å². The number of rotatable bonds is 4. The van der Waals surface area contributed by atoms with Gasteiger partial charge in [-0.3, -0.25) is 0 Å². The maximum atomic E-state index is 12.7. The van der Waals surface area contributed by atoms with Gasteiger partial charge in [-0.25, -0.2) is 8.42 Å². The van der Waals surface area contributed by atoms with Crippen molar-refractivity contribution >= 4 is 9.84 Å². The summed E-state index contributed by atoms with van der Waals surface area (Å²) in [5.41, 5.74) is 0. The van der Waals surface area contributed by atoms with Gasteiger partial charge in [0.25, 0.3) is 0 Å². The van der Waals surface area contributed by atoms with E-state index in [0.717, 1.165) is 38.5 Å². The van der Waals surface area contributed by atoms with Crippen LogP contribution in [-0.4, -0.2) is 20.8 Å². The minimum Gasteiger partial charge on any atom is -0.497 e. The molecule has 1 fully saturated rings. The SMILES string of the molecule is COc1ccc(S(=O)(=O)C(C#N)C2CCCCCC2)cc1. The number of nitriles is 1. The van der Waals surface area contributed by atoms with Gasteiger partial charge in [-0.15, -0.1) is 0 Å². The summed E-state index contributed by atoms with van der Waals surface area (Å²) in [5, 5.41) is 8.47. The van der Waals surface area contributed by atoms with Crippen LogP contribution in [0.15, 0.2) is 29.2 Å². The van der Waals surface area contributed by atoms with Crippen LogP contribution in [0.25, 0.3) is 0 Å². The Morgan fingerprint density at radius 2 is 1.71 bits per heavy atom. The second kappa shape index (κ2) is 6.95. The molecule has 0 amide bonds. The van der Waals surface area contributed by atoms with Crippen molar-refractivity contribution in [3.8, 4) is 11.8 Å². The van der Waals surface area contributed by atoms with Crippen LogP contribution in [0, 0.1) is 17.2 Å². The van der Waals surface area contributed by atoms with E-state index in [4.69, 9.17) is 4.74 Å². The van der Waals surface area contributed by atoms with Crippen molar-refractivity contribution < 1.29 is 13.2 Å². The van der Waals surface area contributed by atoms with E-state index >= 15 is 0 Å². The summed E-state index contributed by atoms with van der Waals surface area (Å²) >= 11 is 0. The molecule has 1 aromatic carbocycles. The summed E-state index contributed by atoms with van der Waals surface area (Å²) in [4.78, 5) is 0.207. The molecule has 4 nitrogen and oxygen atoms in total. The van der Waals surface area contributed by atoms with E-state index in [9.17, 15) is 13.7 Å². The normalized spacial score (nSPS) is 18.5. The second-order valence-corrected chi connectivity index (χ2v) is 7.59. The molecule has 0 N–H and O–H groups in total. The monoisotopic (exact) mass is 307 g/mol. The van der Waals surface area contributed by atoms with E-state index in [1.54, 1.807) is 12.1 Å². The fraction of sp³-hybridized carbons (Fsp3) is 0.562. The van der Waals surface area contributed by atoms with Crippen LogP contribution in [0.4, 0.5) is 0 Å². The molecule has 1 saturated carbocycles. The molecule has 114 valence electrons. The molecular formula is C16H21NO3S. The average Bonchev–Trinajstić information content (AvgIpc) is 2.77. The summed E-state index contributed by atoms with van der Waals surface area (Å²) in [6.07, 6.45) is 5.96. The Labute approximate surface area is 126 Å². The van der Waals surface area contributed by atoms with Crippen LogP contribution in [0.5, 0.6) is 5.75 Å². The third-order valence-electron chi connectivity index (χ3n) is 4.18. The predicted molar refractivity (Wildman–Crippen MR) is 80.8 cm³/mol. The Balaban J connectivity index is 2.27.